The molecule has 1 unspecified atom stereocenters. The summed E-state index contributed by atoms with van der Waals surface area (Å²) in [6.45, 7) is 0. The van der Waals surface area contributed by atoms with Gasteiger partial charge in [0.2, 0.25) is 0 Å². The number of aliphatic hydroxyl groups is 1. The highest BCUT2D eigenvalue weighted by atomic mass is 79.9. The first-order valence-corrected chi connectivity index (χ1v) is 7.09. The molecule has 2 aromatic rings. The number of rotatable bonds is 1. The number of halogens is 2. The molecule has 1 N–H and O–H groups in total. The predicted molar refractivity (Wildman–Crippen MR) is 69.7 cm³/mol. The fraction of sp³-hybridized carbons (Fsp3) is 0.231. The normalized spacial score (nSPS) is 22.8. The minimum atomic E-state index is -1.05. The van der Waals surface area contributed by atoms with Crippen LogP contribution in [-0.2, 0) is 12.0 Å². The molecule has 88 valence electrons. The number of hydrogen-bond donors (Lipinski definition) is 1. The van der Waals surface area contributed by atoms with Gasteiger partial charge in [0.1, 0.15) is 11.4 Å². The minimum Gasteiger partial charge on any atom is -0.380 e. The Hall–Kier alpha value is -0.710. The Morgan fingerprint density at radius 1 is 1.29 bits per heavy atom. The summed E-state index contributed by atoms with van der Waals surface area (Å²) in [5.74, 6) is -0.218. The van der Waals surface area contributed by atoms with E-state index in [0.717, 1.165) is 10.0 Å². The highest BCUT2D eigenvalue weighted by Gasteiger charge is 2.41. The van der Waals surface area contributed by atoms with Gasteiger partial charge in [0.15, 0.2) is 0 Å². The van der Waals surface area contributed by atoms with Crippen LogP contribution in [0.4, 0.5) is 4.39 Å². The second-order valence-electron chi connectivity index (χ2n) is 4.26. The minimum absolute atomic E-state index is 0.218. The van der Waals surface area contributed by atoms with Crippen LogP contribution in [0.2, 0.25) is 0 Å². The Balaban J connectivity index is 2.21. The molecule has 0 aliphatic heterocycles. The van der Waals surface area contributed by atoms with Crippen LogP contribution in [0.5, 0.6) is 0 Å². The Bertz CT molecular complexity index is 581. The average Bonchev–Trinajstić information content (AvgIpc) is 2.86. The molecule has 1 atom stereocenters. The van der Waals surface area contributed by atoms with E-state index >= 15 is 0 Å². The van der Waals surface area contributed by atoms with Crippen molar-refractivity contribution in [2.75, 3.05) is 0 Å². The van der Waals surface area contributed by atoms with E-state index in [9.17, 15) is 9.50 Å². The zero-order valence-electron chi connectivity index (χ0n) is 8.91. The zero-order valence-corrected chi connectivity index (χ0v) is 11.3. The van der Waals surface area contributed by atoms with Crippen molar-refractivity contribution in [1.29, 1.82) is 0 Å². The van der Waals surface area contributed by atoms with Crippen molar-refractivity contribution in [2.45, 2.75) is 18.4 Å². The summed E-state index contributed by atoms with van der Waals surface area (Å²) in [7, 11) is 0. The maximum Gasteiger partial charge on any atom is 0.126 e. The number of fused-ring (bicyclic) bond motifs is 1. The molecule has 4 heteroatoms. The topological polar surface area (TPSA) is 20.2 Å². The van der Waals surface area contributed by atoms with E-state index in [1.165, 1.54) is 17.4 Å². The summed E-state index contributed by atoms with van der Waals surface area (Å²) in [4.78, 5) is 0. The number of benzene rings is 1. The number of thiophene rings is 1. The molecule has 0 spiro atoms. The lowest BCUT2D eigenvalue weighted by atomic mass is 9.90. The fourth-order valence-corrected chi connectivity index (χ4v) is 4.19. The van der Waals surface area contributed by atoms with Gasteiger partial charge in [0.25, 0.3) is 0 Å². The van der Waals surface area contributed by atoms with Gasteiger partial charge < -0.3 is 5.11 Å². The van der Waals surface area contributed by atoms with Crippen molar-refractivity contribution in [2.24, 2.45) is 0 Å². The van der Waals surface area contributed by atoms with Gasteiger partial charge in [-0.25, -0.2) is 4.39 Å². The lowest BCUT2D eigenvalue weighted by Crippen LogP contribution is -2.23. The predicted octanol–water partition coefficient (Wildman–Crippen LogP) is 3.83. The molecule has 0 saturated heterocycles. The first-order valence-electron chi connectivity index (χ1n) is 5.35. The molecule has 17 heavy (non-hydrogen) atoms. The van der Waals surface area contributed by atoms with E-state index in [1.54, 1.807) is 6.07 Å². The molecule has 0 saturated carbocycles. The van der Waals surface area contributed by atoms with Crippen LogP contribution in [0.3, 0.4) is 0 Å². The summed E-state index contributed by atoms with van der Waals surface area (Å²) in [5, 5.41) is 14.7. The molecule has 0 radical (unpaired) electrons. The first-order chi connectivity index (χ1) is 8.13. The second-order valence-corrected chi connectivity index (χ2v) is 5.86. The third-order valence-electron chi connectivity index (χ3n) is 3.36. The number of hydrogen-bond acceptors (Lipinski definition) is 2. The lowest BCUT2D eigenvalue weighted by molar-refractivity contribution is 0.0826. The molecule has 1 aromatic heterocycles. The fourth-order valence-electron chi connectivity index (χ4n) is 2.50. The SMILES string of the molecule is OC1(c2cscc2Br)CCc2c(F)cccc21. The van der Waals surface area contributed by atoms with Crippen molar-refractivity contribution in [3.63, 3.8) is 0 Å². The maximum absolute atomic E-state index is 13.7. The van der Waals surface area contributed by atoms with E-state index in [1.807, 2.05) is 16.8 Å². The Kier molecular flexibility index (Phi) is 2.61. The van der Waals surface area contributed by atoms with Crippen molar-refractivity contribution in [3.8, 4) is 0 Å². The molecule has 3 rings (SSSR count). The van der Waals surface area contributed by atoms with E-state index in [-0.39, 0.29) is 5.82 Å². The molecular weight excluding hydrogens is 303 g/mol. The quantitative estimate of drug-likeness (QED) is 0.848. The van der Waals surface area contributed by atoms with Gasteiger partial charge in [-0.3, -0.25) is 0 Å². The highest BCUT2D eigenvalue weighted by molar-refractivity contribution is 9.10. The molecule has 1 heterocycles. The van der Waals surface area contributed by atoms with Gasteiger partial charge in [-0.2, -0.15) is 11.3 Å². The van der Waals surface area contributed by atoms with E-state index in [0.29, 0.717) is 24.0 Å². The second kappa shape index (κ2) is 3.90. The molecule has 0 fully saturated rings. The third-order valence-corrected chi connectivity index (χ3v) is 5.06. The van der Waals surface area contributed by atoms with Crippen molar-refractivity contribution in [3.05, 3.63) is 55.9 Å². The van der Waals surface area contributed by atoms with E-state index in [4.69, 9.17) is 0 Å². The van der Waals surface area contributed by atoms with Crippen LogP contribution < -0.4 is 0 Å². The summed E-state index contributed by atoms with van der Waals surface area (Å²) in [6, 6.07) is 4.92. The van der Waals surface area contributed by atoms with Crippen molar-refractivity contribution >= 4 is 27.3 Å². The molecular formula is C13H10BrFOS. The van der Waals surface area contributed by atoms with Crippen molar-refractivity contribution < 1.29 is 9.50 Å². The maximum atomic E-state index is 13.7. The average molecular weight is 313 g/mol. The van der Waals surface area contributed by atoms with Crippen LogP contribution in [0.1, 0.15) is 23.1 Å². The largest absolute Gasteiger partial charge is 0.380 e. The van der Waals surface area contributed by atoms with Gasteiger partial charge in [0.05, 0.1) is 0 Å². The standard InChI is InChI=1S/C13H10BrFOS/c14-11-7-17-6-10(11)13(16)5-4-8-9(13)2-1-3-12(8)15/h1-3,6-7,16H,4-5H2. The molecule has 1 aliphatic carbocycles. The molecule has 0 amide bonds. The lowest BCUT2D eigenvalue weighted by Gasteiger charge is -2.24. The van der Waals surface area contributed by atoms with Crippen LogP contribution in [0.15, 0.2) is 33.4 Å². The zero-order chi connectivity index (χ0) is 12.0. The summed E-state index contributed by atoms with van der Waals surface area (Å²) >= 11 is 4.97. The summed E-state index contributed by atoms with van der Waals surface area (Å²) in [6.07, 6.45) is 1.12. The summed E-state index contributed by atoms with van der Waals surface area (Å²) in [5.41, 5.74) is 1.15. The molecule has 1 nitrogen and oxygen atoms in total. The Labute approximate surface area is 111 Å². The van der Waals surface area contributed by atoms with Gasteiger partial charge in [-0.15, -0.1) is 0 Å². The van der Waals surface area contributed by atoms with Gasteiger partial charge in [-0.1, -0.05) is 12.1 Å². The first kappa shape index (κ1) is 11.4. The third kappa shape index (κ3) is 1.58. The van der Waals surface area contributed by atoms with Crippen molar-refractivity contribution in [1.82, 2.24) is 0 Å². The van der Waals surface area contributed by atoms with Crippen LogP contribution in [0.25, 0.3) is 0 Å². The Morgan fingerprint density at radius 3 is 2.82 bits per heavy atom. The van der Waals surface area contributed by atoms with Crippen LogP contribution in [-0.4, -0.2) is 5.11 Å². The van der Waals surface area contributed by atoms with Gasteiger partial charge in [0, 0.05) is 15.4 Å². The molecule has 1 aliphatic rings. The summed E-state index contributed by atoms with van der Waals surface area (Å²) < 4.78 is 14.5. The van der Waals surface area contributed by atoms with Crippen LogP contribution >= 0.6 is 27.3 Å². The monoisotopic (exact) mass is 312 g/mol. The molecule has 1 aromatic carbocycles. The van der Waals surface area contributed by atoms with Gasteiger partial charge in [-0.05, 0) is 51.3 Å². The van der Waals surface area contributed by atoms with E-state index in [2.05, 4.69) is 15.9 Å². The highest BCUT2D eigenvalue weighted by Crippen LogP contribution is 2.46. The Morgan fingerprint density at radius 2 is 2.12 bits per heavy atom. The van der Waals surface area contributed by atoms with Gasteiger partial charge >= 0.3 is 0 Å². The van der Waals surface area contributed by atoms with E-state index < -0.39 is 5.60 Å². The van der Waals surface area contributed by atoms with Crippen LogP contribution in [0, 0.1) is 5.82 Å². The smallest absolute Gasteiger partial charge is 0.126 e. The molecule has 0 bridgehead atoms.